The Morgan fingerprint density at radius 1 is 0.844 bits per heavy atom. The first-order valence-corrected chi connectivity index (χ1v) is 15.6. The second-order valence-electron chi connectivity index (χ2n) is 11.1. The molecule has 228 valence electrons. The molecule has 0 radical (unpaired) electrons. The number of aliphatic hydroxyl groups is 2. The van der Waals surface area contributed by atoms with Crippen molar-refractivity contribution in [2.24, 2.45) is 5.92 Å². The number of methoxy groups -OCH3 is 2. The van der Waals surface area contributed by atoms with Crippen molar-refractivity contribution in [2.75, 3.05) is 20.8 Å². The van der Waals surface area contributed by atoms with Crippen LogP contribution in [0.4, 0.5) is 0 Å². The Morgan fingerprint density at radius 2 is 1.49 bits per heavy atom. The molecule has 1 saturated heterocycles. The van der Waals surface area contributed by atoms with Gasteiger partial charge in [0.1, 0.15) is 28.3 Å². The predicted octanol–water partition coefficient (Wildman–Crippen LogP) is 6.08. The second kappa shape index (κ2) is 12.1. The van der Waals surface area contributed by atoms with Crippen LogP contribution in [0.25, 0.3) is 21.6 Å². The zero-order chi connectivity index (χ0) is 31.0. The summed E-state index contributed by atoms with van der Waals surface area (Å²) in [6.45, 7) is 0.201. The van der Waals surface area contributed by atoms with Crippen molar-refractivity contribution in [1.82, 2.24) is 14.5 Å². The van der Waals surface area contributed by atoms with Gasteiger partial charge in [-0.15, -0.1) is 11.3 Å². The fourth-order valence-electron chi connectivity index (χ4n) is 6.81. The molecule has 45 heavy (non-hydrogen) atoms. The van der Waals surface area contributed by atoms with Crippen LogP contribution in [0.5, 0.6) is 11.5 Å². The predicted molar refractivity (Wildman–Crippen MR) is 174 cm³/mol. The molecule has 1 fully saturated rings. The van der Waals surface area contributed by atoms with E-state index in [-0.39, 0.29) is 6.61 Å². The van der Waals surface area contributed by atoms with Gasteiger partial charge in [-0.05, 0) is 53.1 Å². The number of aromatic nitrogens is 3. The third-order valence-electron chi connectivity index (χ3n) is 8.95. The number of benzene rings is 3. The Balaban J connectivity index is 1.34. The molecule has 0 amide bonds. The number of fused-ring (bicyclic) bond motifs is 1. The summed E-state index contributed by atoms with van der Waals surface area (Å²) in [5, 5.41) is 27.7. The summed E-state index contributed by atoms with van der Waals surface area (Å²) < 4.78 is 19.0. The van der Waals surface area contributed by atoms with Crippen LogP contribution in [-0.2, 0) is 10.2 Å². The number of hydrogen-bond acceptors (Lipinski definition) is 8. The zero-order valence-corrected chi connectivity index (χ0v) is 25.7. The fourth-order valence-corrected chi connectivity index (χ4v) is 7.49. The first-order chi connectivity index (χ1) is 22.1. The lowest BCUT2D eigenvalue weighted by molar-refractivity contribution is -0.0797. The van der Waals surface area contributed by atoms with Gasteiger partial charge < -0.3 is 29.0 Å². The summed E-state index contributed by atoms with van der Waals surface area (Å²) in [7, 11) is 3.28. The van der Waals surface area contributed by atoms with Gasteiger partial charge in [-0.25, -0.2) is 9.97 Å². The Morgan fingerprint density at radius 3 is 2.09 bits per heavy atom. The van der Waals surface area contributed by atoms with E-state index in [1.54, 1.807) is 48.7 Å². The minimum absolute atomic E-state index is 0.201. The lowest BCUT2D eigenvalue weighted by Crippen LogP contribution is -2.46. The highest BCUT2D eigenvalue weighted by Crippen LogP contribution is 2.51. The highest BCUT2D eigenvalue weighted by molar-refractivity contribution is 7.13. The third-order valence-corrected chi connectivity index (χ3v) is 9.76. The molecular weight excluding hydrogens is 586 g/mol. The molecule has 0 bridgehead atoms. The van der Waals surface area contributed by atoms with Crippen molar-refractivity contribution < 1.29 is 24.4 Å². The molecule has 7 rings (SSSR count). The minimum atomic E-state index is -1.19. The van der Waals surface area contributed by atoms with Gasteiger partial charge in [0.15, 0.2) is 6.23 Å². The topological polar surface area (TPSA) is 98.9 Å². The van der Waals surface area contributed by atoms with Crippen molar-refractivity contribution in [3.05, 3.63) is 132 Å². The molecule has 6 aromatic rings. The number of aliphatic hydroxyl groups excluding tert-OH is 2. The monoisotopic (exact) mass is 619 g/mol. The summed E-state index contributed by atoms with van der Waals surface area (Å²) in [6.07, 6.45) is 2.11. The molecule has 4 atom stereocenters. The molecule has 3 aromatic heterocycles. The van der Waals surface area contributed by atoms with Crippen LogP contribution >= 0.6 is 11.3 Å². The molecule has 8 nitrogen and oxygen atoms in total. The highest BCUT2D eigenvalue weighted by atomic mass is 32.1. The highest BCUT2D eigenvalue weighted by Gasteiger charge is 2.54. The van der Waals surface area contributed by atoms with Gasteiger partial charge in [0.2, 0.25) is 0 Å². The maximum Gasteiger partial charge on any atom is 0.160 e. The third kappa shape index (κ3) is 4.89. The van der Waals surface area contributed by atoms with Crippen molar-refractivity contribution in [3.8, 4) is 22.1 Å². The summed E-state index contributed by atoms with van der Waals surface area (Å²) in [4.78, 5) is 9.06. The molecular formula is C36H33N3O5S. The largest absolute Gasteiger partial charge is 0.497 e. The van der Waals surface area contributed by atoms with E-state index >= 15 is 0 Å². The van der Waals surface area contributed by atoms with E-state index in [1.807, 2.05) is 84.2 Å². The average molecular weight is 620 g/mol. The minimum Gasteiger partial charge on any atom is -0.497 e. The standard InChI is InChI=1S/C36H33N3O5S/c1-42-26-12-8-24(9-13-26)36(23-6-4-3-5-7-23,25-10-14-27(43-2)15-11-25)30-22-44-32(31(30)40)35(41)39-20-17-28-29(16-18-37-33(28)39)34-38-19-21-45-34/h3-21,30-32,35,40-41H,22H2,1-2H3/t30-,31+,32+,35?/m1/s1. The Hall–Kier alpha value is -4.54. The number of rotatable bonds is 9. The van der Waals surface area contributed by atoms with E-state index in [0.717, 1.165) is 44.1 Å². The van der Waals surface area contributed by atoms with Crippen LogP contribution in [0.2, 0.25) is 0 Å². The Bertz CT molecular complexity index is 1830. The maximum atomic E-state index is 12.2. The smallest absolute Gasteiger partial charge is 0.160 e. The summed E-state index contributed by atoms with van der Waals surface area (Å²) in [5.74, 6) is 0.995. The fraction of sp³-hybridized carbons (Fsp3) is 0.222. The van der Waals surface area contributed by atoms with Gasteiger partial charge in [0, 0.05) is 40.8 Å². The first-order valence-electron chi connectivity index (χ1n) is 14.7. The number of hydrogen-bond donors (Lipinski definition) is 2. The van der Waals surface area contributed by atoms with Crippen molar-refractivity contribution in [2.45, 2.75) is 23.9 Å². The van der Waals surface area contributed by atoms with Crippen LogP contribution in [0.1, 0.15) is 22.9 Å². The maximum absolute atomic E-state index is 12.2. The average Bonchev–Trinajstić information content (AvgIpc) is 3.87. The summed E-state index contributed by atoms with van der Waals surface area (Å²) in [6, 6.07) is 29.9. The number of pyridine rings is 1. The molecule has 1 aliphatic rings. The summed E-state index contributed by atoms with van der Waals surface area (Å²) >= 11 is 1.54. The zero-order valence-electron chi connectivity index (χ0n) is 24.9. The second-order valence-corrected chi connectivity index (χ2v) is 12.0. The number of nitrogens with zero attached hydrogens (tertiary/aromatic N) is 3. The molecule has 1 aliphatic heterocycles. The van der Waals surface area contributed by atoms with Crippen LogP contribution in [-0.4, -0.2) is 57.8 Å². The Kier molecular flexibility index (Phi) is 7.85. The SMILES string of the molecule is COc1ccc(C(c2ccccc2)(c2ccc(OC)cc2)[C@@H]2CO[C@H](C(O)n3ccc4c(-c5nccs5)ccnc43)[C@H]2O)cc1. The molecule has 0 saturated carbocycles. The molecule has 0 spiro atoms. The van der Waals surface area contributed by atoms with E-state index in [2.05, 4.69) is 22.1 Å². The van der Waals surface area contributed by atoms with E-state index in [9.17, 15) is 10.2 Å². The van der Waals surface area contributed by atoms with Gasteiger partial charge >= 0.3 is 0 Å². The van der Waals surface area contributed by atoms with Crippen LogP contribution < -0.4 is 9.47 Å². The molecule has 4 heterocycles. The van der Waals surface area contributed by atoms with E-state index in [4.69, 9.17) is 14.2 Å². The number of ether oxygens (including phenoxy) is 3. The van der Waals surface area contributed by atoms with Crippen LogP contribution in [0, 0.1) is 5.92 Å². The number of thiazole rings is 1. The van der Waals surface area contributed by atoms with E-state index in [1.165, 1.54) is 0 Å². The molecule has 9 heteroatoms. The van der Waals surface area contributed by atoms with Gasteiger partial charge in [-0.3, -0.25) is 0 Å². The van der Waals surface area contributed by atoms with Crippen molar-refractivity contribution in [1.29, 1.82) is 0 Å². The van der Waals surface area contributed by atoms with Crippen molar-refractivity contribution in [3.63, 3.8) is 0 Å². The van der Waals surface area contributed by atoms with Gasteiger partial charge in [-0.2, -0.15) is 0 Å². The van der Waals surface area contributed by atoms with Gasteiger partial charge in [0.25, 0.3) is 0 Å². The van der Waals surface area contributed by atoms with Gasteiger partial charge in [-0.1, -0.05) is 54.6 Å². The molecule has 1 unspecified atom stereocenters. The molecule has 2 N–H and O–H groups in total. The van der Waals surface area contributed by atoms with Crippen LogP contribution in [0.3, 0.4) is 0 Å². The quantitative estimate of drug-likeness (QED) is 0.189. The Labute approximate surface area is 265 Å². The first kappa shape index (κ1) is 29.2. The summed E-state index contributed by atoms with van der Waals surface area (Å²) in [5.41, 5.74) is 3.60. The van der Waals surface area contributed by atoms with E-state index in [0.29, 0.717) is 5.65 Å². The van der Waals surface area contributed by atoms with Crippen LogP contribution in [0.15, 0.2) is 115 Å². The van der Waals surface area contributed by atoms with E-state index < -0.39 is 29.8 Å². The van der Waals surface area contributed by atoms with Crippen molar-refractivity contribution >= 4 is 22.4 Å². The lowest BCUT2D eigenvalue weighted by atomic mass is 9.60. The normalized spacial score (nSPS) is 19.1. The molecule has 3 aromatic carbocycles. The lowest BCUT2D eigenvalue weighted by Gasteiger charge is -2.42. The molecule has 0 aliphatic carbocycles. The van der Waals surface area contributed by atoms with Gasteiger partial charge in [0.05, 0.1) is 32.3 Å².